The molecule has 2 saturated heterocycles. The van der Waals surface area contributed by atoms with E-state index in [2.05, 4.69) is 106 Å². The first-order valence-corrected chi connectivity index (χ1v) is 39.9. The van der Waals surface area contributed by atoms with Gasteiger partial charge in [0.2, 0.25) is 0 Å². The highest BCUT2D eigenvalue weighted by molar-refractivity contribution is 9.10. The van der Waals surface area contributed by atoms with E-state index < -0.39 is 11.7 Å². The summed E-state index contributed by atoms with van der Waals surface area (Å²) in [4.78, 5) is 66.5. The minimum atomic E-state index is -0.972. The first kappa shape index (κ1) is 75.1. The van der Waals surface area contributed by atoms with Crippen LogP contribution in [0.4, 0.5) is 0 Å². The highest BCUT2D eigenvalue weighted by Crippen LogP contribution is 2.37. The Balaban J connectivity index is 0.000000109. The lowest BCUT2D eigenvalue weighted by Gasteiger charge is -2.23. The Morgan fingerprint density at radius 1 is 0.509 bits per heavy atom. The fourth-order valence-electron chi connectivity index (χ4n) is 17.0. The van der Waals surface area contributed by atoms with Crippen LogP contribution in [0.5, 0.6) is 5.75 Å². The van der Waals surface area contributed by atoms with Crippen molar-refractivity contribution in [1.29, 1.82) is 0 Å². The molecule has 5 amide bonds. The van der Waals surface area contributed by atoms with Gasteiger partial charge in [0.15, 0.2) is 28.5 Å². The first-order chi connectivity index (χ1) is 53.7. The number of carbonyl (C=O) groups excluding carboxylic acids is 5. The summed E-state index contributed by atoms with van der Waals surface area (Å²) in [5, 5.41) is 50.0. The van der Waals surface area contributed by atoms with Gasteiger partial charge in [-0.25, -0.2) is 0 Å². The number of aliphatic hydroxyl groups excluding tert-OH is 1. The number of ether oxygens (including phenoxy) is 1. The van der Waals surface area contributed by atoms with Crippen LogP contribution in [-0.4, -0.2) is 121 Å². The van der Waals surface area contributed by atoms with E-state index in [-0.39, 0.29) is 41.6 Å². The molecule has 0 saturated carbocycles. The Morgan fingerprint density at radius 2 is 0.955 bits per heavy atom. The molecule has 0 bridgehead atoms. The molecule has 572 valence electrons. The Labute approximate surface area is 646 Å². The Morgan fingerprint density at radius 3 is 1.48 bits per heavy atom. The zero-order valence-electron chi connectivity index (χ0n) is 62.0. The molecule has 4 atom stereocenters. The van der Waals surface area contributed by atoms with Crippen molar-refractivity contribution in [1.82, 2.24) is 51.5 Å². The zero-order chi connectivity index (χ0) is 75.7. The van der Waals surface area contributed by atoms with Gasteiger partial charge in [-0.3, -0.25) is 24.0 Å². The van der Waals surface area contributed by atoms with Gasteiger partial charge in [-0.15, -0.1) is 0 Å². The molecule has 24 heteroatoms. The summed E-state index contributed by atoms with van der Waals surface area (Å²) in [5.41, 5.74) is 14.1. The van der Waals surface area contributed by atoms with E-state index in [1.165, 1.54) is 16.7 Å². The minimum absolute atomic E-state index is 0.0466. The van der Waals surface area contributed by atoms with Crippen molar-refractivity contribution >= 4 is 45.5 Å². The number of nitrogens with zero attached hydrogens (tertiary/aromatic N) is 7. The van der Waals surface area contributed by atoms with Crippen LogP contribution < -0.4 is 20.7 Å². The number of halogens is 1. The number of methoxy groups -OCH3 is 1. The first-order valence-electron chi connectivity index (χ1n) is 39.1. The van der Waals surface area contributed by atoms with Crippen molar-refractivity contribution in [3.05, 3.63) is 256 Å². The van der Waals surface area contributed by atoms with Crippen molar-refractivity contribution in [2.45, 2.75) is 197 Å². The van der Waals surface area contributed by atoms with Crippen molar-refractivity contribution in [3.63, 3.8) is 0 Å². The number of β-amino-alcohol motifs (C(OH)–C–C–N with tert-alkyl or cyclic N) is 1. The third-order valence-electron chi connectivity index (χ3n) is 23.0. The molecule has 110 heavy (non-hydrogen) atoms. The molecule has 2 unspecified atom stereocenters. The molecule has 0 radical (unpaired) electrons. The minimum Gasteiger partial charge on any atom is -0.496 e. The standard InChI is InChI=1S/C18H20N2O3.C18H20N2O2.C17H18N2O3.C17H18N2O2.C16H17BrN2O3/c21-17(16-14-8-4-5-9-15(14)23-19-16)20-11-10-18(22,12-20)13-6-2-1-3-7-13;21-18(17-15-8-4-5-9-16(15)22-19-17)20-11-10-14(12-20)13-6-2-1-3-7-13;20-13-9-10-5-1-2-6-11(10)15(13)18-17(21)16-12-7-3-4-8-14(12)22-19-16;20-17(16-14-7-3-4-8-15(14)21-19-16)18-13-9-11-5-1-2-6-12(11)10-13;1-21-13-7-6-11(17)8-10(13)9-18-16(20)15-12-4-2-3-5-14(12)22-19-15/h1-3,6-7,22H,4-5,8-12H2;1-3,6-7,14H,4-5,8-12H2;1-2,5-6,13,15,20H,3-4,7-9H2,(H,18,21);1-2,5-6,13H,3-4,7-10H2,(H,18,20);6-8H,2-5,9H2,1H3,(H,18,20)/t;;13-,15+;;/m..1../s1. The molecular formula is C86H93BrN10O13. The van der Waals surface area contributed by atoms with Gasteiger partial charge < -0.3 is 63.3 Å². The second-order valence-corrected chi connectivity index (χ2v) is 31.0. The molecular weight excluding hydrogens is 1460 g/mol. The Bertz CT molecular complexity index is 4900. The summed E-state index contributed by atoms with van der Waals surface area (Å²) in [6.45, 7) is 2.80. The van der Waals surface area contributed by atoms with E-state index in [4.69, 9.17) is 27.4 Å². The van der Waals surface area contributed by atoms with Crippen LogP contribution in [0.3, 0.4) is 0 Å². The second kappa shape index (κ2) is 34.3. The largest absolute Gasteiger partial charge is 0.496 e. The number of nitrogens with one attached hydrogen (secondary N) is 3. The van der Waals surface area contributed by atoms with Crippen LogP contribution in [-0.2, 0) is 95.6 Å². The number of aryl methyl sites for hydroxylation is 5. The van der Waals surface area contributed by atoms with Crippen molar-refractivity contribution in [2.24, 2.45) is 0 Å². The molecule has 7 heterocycles. The van der Waals surface area contributed by atoms with Gasteiger partial charge in [-0.2, -0.15) is 0 Å². The van der Waals surface area contributed by atoms with Crippen LogP contribution in [0.1, 0.15) is 237 Å². The number of aromatic nitrogens is 5. The number of fused-ring (bicyclic) bond motifs is 7. The van der Waals surface area contributed by atoms with Crippen LogP contribution in [0.25, 0.3) is 0 Å². The summed E-state index contributed by atoms with van der Waals surface area (Å²) in [7, 11) is 1.61. The van der Waals surface area contributed by atoms with Gasteiger partial charge in [0.1, 0.15) is 40.2 Å². The number of likely N-dealkylation sites (tertiary alicyclic amines) is 2. The SMILES string of the molecule is COc1ccc(Br)cc1CNC(=O)c1noc2c1CCCC2.O=C(NC1Cc2ccccc2C1)c1noc2c1CCCC2.O=C(N[C@H]1c2ccccc2C[C@H]1O)c1noc2c1CCCC2.O=C(c1noc2c1CCCC2)N1CCC(O)(c2ccccc2)C1.O=C(c1noc2c1CCCC2)N1CCC(c2ccccc2)C1. The summed E-state index contributed by atoms with van der Waals surface area (Å²) < 4.78 is 32.9. The maximum atomic E-state index is 12.8. The fourth-order valence-corrected chi connectivity index (χ4v) is 17.4. The van der Waals surface area contributed by atoms with Gasteiger partial charge >= 0.3 is 0 Å². The van der Waals surface area contributed by atoms with Crippen molar-refractivity contribution in [3.8, 4) is 5.75 Å². The van der Waals surface area contributed by atoms with E-state index in [0.717, 1.165) is 250 Å². The number of benzene rings is 5. The lowest BCUT2D eigenvalue weighted by atomic mass is 9.93. The molecule has 2 fully saturated rings. The van der Waals surface area contributed by atoms with Gasteiger partial charge in [0.05, 0.1) is 25.8 Å². The number of rotatable bonds is 12. The second-order valence-electron chi connectivity index (χ2n) is 30.1. The summed E-state index contributed by atoms with van der Waals surface area (Å²) in [5.74, 6) is 4.95. The highest BCUT2D eigenvalue weighted by atomic mass is 79.9. The average molecular weight is 1550 g/mol. The summed E-state index contributed by atoms with van der Waals surface area (Å²) in [6, 6.07) is 41.7. The quantitative estimate of drug-likeness (QED) is 0.0759. The molecule has 7 aliphatic carbocycles. The normalized spacial score (nSPS) is 19.8. The van der Waals surface area contributed by atoms with Crippen LogP contribution in [0.15, 0.2) is 154 Å². The van der Waals surface area contributed by atoms with Crippen LogP contribution in [0, 0.1) is 0 Å². The van der Waals surface area contributed by atoms with Crippen molar-refractivity contribution < 1.29 is 61.5 Å². The third kappa shape index (κ3) is 16.7. The number of amides is 5. The zero-order valence-corrected chi connectivity index (χ0v) is 63.6. The summed E-state index contributed by atoms with van der Waals surface area (Å²) in [6.07, 6.45) is 23.1. The van der Waals surface area contributed by atoms with Crippen molar-refractivity contribution in [2.75, 3.05) is 33.3 Å². The van der Waals surface area contributed by atoms with Gasteiger partial charge in [-0.1, -0.05) is 151 Å². The van der Waals surface area contributed by atoms with E-state index in [1.54, 1.807) is 12.0 Å². The van der Waals surface area contributed by atoms with E-state index in [9.17, 15) is 34.2 Å². The smallest absolute Gasteiger partial charge is 0.276 e. The number of carbonyl (C=O) groups is 5. The molecule has 2 aliphatic heterocycles. The topological polar surface area (TPSA) is 308 Å². The third-order valence-corrected chi connectivity index (χ3v) is 23.4. The molecule has 9 aliphatic rings. The maximum absolute atomic E-state index is 12.8. The van der Waals surface area contributed by atoms with E-state index in [1.807, 2.05) is 83.8 Å². The lowest BCUT2D eigenvalue weighted by Crippen LogP contribution is -2.36. The number of aliphatic hydroxyl groups is 2. The van der Waals surface area contributed by atoms with Crippen LogP contribution in [0.2, 0.25) is 0 Å². The summed E-state index contributed by atoms with van der Waals surface area (Å²) >= 11 is 3.42. The fraction of sp³-hybridized carbons (Fsp3) is 0.419. The molecule has 10 aromatic rings. The molecule has 23 nitrogen and oxygen atoms in total. The average Bonchev–Trinajstić information content (AvgIpc) is 1.64. The predicted octanol–water partition coefficient (Wildman–Crippen LogP) is 13.1. The van der Waals surface area contributed by atoms with Gasteiger partial charge in [-0.05, 0) is 174 Å². The molecule has 5 N–H and O–H groups in total. The monoisotopic (exact) mass is 1550 g/mol. The molecule has 5 aromatic heterocycles. The van der Waals surface area contributed by atoms with Gasteiger partial charge in [0, 0.05) is 115 Å². The van der Waals surface area contributed by atoms with Crippen LogP contribution >= 0.6 is 15.9 Å². The maximum Gasteiger partial charge on any atom is 0.276 e. The number of hydrogen-bond donors (Lipinski definition) is 5. The Kier molecular flexibility index (Phi) is 23.4. The lowest BCUT2D eigenvalue weighted by molar-refractivity contribution is 0.0414. The molecule has 0 spiro atoms. The number of hydrogen-bond acceptors (Lipinski definition) is 18. The molecule has 19 rings (SSSR count). The highest BCUT2D eigenvalue weighted by Gasteiger charge is 2.42. The Hall–Kier alpha value is -10.3. The van der Waals surface area contributed by atoms with E-state index >= 15 is 0 Å². The van der Waals surface area contributed by atoms with Gasteiger partial charge in [0.25, 0.3) is 29.5 Å². The molecule has 5 aromatic carbocycles. The van der Waals surface area contributed by atoms with E-state index in [0.29, 0.717) is 66.9 Å². The predicted molar refractivity (Wildman–Crippen MR) is 410 cm³/mol.